The maximum Gasteiger partial charge on any atom is 0.178 e. The van der Waals surface area contributed by atoms with Gasteiger partial charge in [0.15, 0.2) is 5.76 Å². The standard InChI is InChI=1S/C18H16INO3/c1-3-11-8-14(16(21)9-17(11)22-2)18-15(10-20-23-18)12-4-6-13(19)7-5-12/h4-10,21H,3H2,1-2H3. The molecule has 0 aliphatic carbocycles. The summed E-state index contributed by atoms with van der Waals surface area (Å²) in [6.45, 7) is 2.04. The molecule has 3 rings (SSSR count). The highest BCUT2D eigenvalue weighted by atomic mass is 127. The largest absolute Gasteiger partial charge is 0.507 e. The van der Waals surface area contributed by atoms with Gasteiger partial charge in [0.05, 0.1) is 18.9 Å². The van der Waals surface area contributed by atoms with Crippen molar-refractivity contribution in [2.24, 2.45) is 0 Å². The minimum absolute atomic E-state index is 0.113. The summed E-state index contributed by atoms with van der Waals surface area (Å²) in [6, 6.07) is 11.6. The Hall–Kier alpha value is -2.02. The van der Waals surface area contributed by atoms with Crippen LogP contribution >= 0.6 is 22.6 Å². The first-order valence-corrected chi connectivity index (χ1v) is 8.32. The van der Waals surface area contributed by atoms with Gasteiger partial charge in [0.25, 0.3) is 0 Å². The smallest absolute Gasteiger partial charge is 0.178 e. The summed E-state index contributed by atoms with van der Waals surface area (Å²) in [5, 5.41) is 14.3. The molecule has 0 radical (unpaired) electrons. The van der Waals surface area contributed by atoms with Crippen LogP contribution in [0.5, 0.6) is 11.5 Å². The highest BCUT2D eigenvalue weighted by Gasteiger charge is 2.18. The van der Waals surface area contributed by atoms with E-state index in [2.05, 4.69) is 27.7 Å². The molecule has 0 saturated heterocycles. The van der Waals surface area contributed by atoms with Crippen LogP contribution in [-0.2, 0) is 6.42 Å². The number of phenols is 1. The minimum atomic E-state index is 0.113. The van der Waals surface area contributed by atoms with Crippen molar-refractivity contribution in [1.29, 1.82) is 0 Å². The van der Waals surface area contributed by atoms with Crippen LogP contribution in [0.1, 0.15) is 12.5 Å². The Kier molecular flexibility index (Phi) is 4.56. The molecule has 1 heterocycles. The SMILES string of the molecule is CCc1cc(-c2oncc2-c2ccc(I)cc2)c(O)cc1OC. The van der Waals surface area contributed by atoms with Crippen molar-refractivity contribution in [2.75, 3.05) is 7.11 Å². The van der Waals surface area contributed by atoms with Crippen LogP contribution in [0.3, 0.4) is 0 Å². The molecule has 0 amide bonds. The van der Waals surface area contributed by atoms with E-state index in [-0.39, 0.29) is 5.75 Å². The third kappa shape index (κ3) is 3.06. The number of aromatic nitrogens is 1. The van der Waals surface area contributed by atoms with E-state index >= 15 is 0 Å². The summed E-state index contributed by atoms with van der Waals surface area (Å²) in [4.78, 5) is 0. The Bertz CT molecular complexity index is 825. The second-order valence-corrected chi connectivity index (χ2v) is 6.36. The molecule has 0 aliphatic rings. The average molecular weight is 421 g/mol. The van der Waals surface area contributed by atoms with E-state index in [9.17, 15) is 5.11 Å². The lowest BCUT2D eigenvalue weighted by atomic mass is 9.99. The lowest BCUT2D eigenvalue weighted by Gasteiger charge is -2.11. The number of aryl methyl sites for hydroxylation is 1. The van der Waals surface area contributed by atoms with E-state index in [0.717, 1.165) is 26.7 Å². The fraction of sp³-hybridized carbons (Fsp3) is 0.167. The maximum absolute atomic E-state index is 10.4. The third-order valence-electron chi connectivity index (χ3n) is 3.75. The number of aromatic hydroxyl groups is 1. The molecule has 4 nitrogen and oxygen atoms in total. The first-order chi connectivity index (χ1) is 11.1. The first kappa shape index (κ1) is 15.9. The number of rotatable bonds is 4. The number of ether oxygens (including phenoxy) is 1. The molecule has 0 bridgehead atoms. The van der Waals surface area contributed by atoms with Crippen LogP contribution in [0.15, 0.2) is 47.1 Å². The molecule has 1 N–H and O–H groups in total. The highest BCUT2D eigenvalue weighted by Crippen LogP contribution is 2.40. The zero-order valence-corrected chi connectivity index (χ0v) is 15.0. The van der Waals surface area contributed by atoms with Crippen LogP contribution < -0.4 is 4.74 Å². The molecule has 0 aliphatic heterocycles. The van der Waals surface area contributed by atoms with Crippen molar-refractivity contribution in [1.82, 2.24) is 5.16 Å². The number of nitrogens with zero attached hydrogens (tertiary/aromatic N) is 1. The van der Waals surface area contributed by atoms with Gasteiger partial charge < -0.3 is 14.4 Å². The number of benzene rings is 2. The van der Waals surface area contributed by atoms with E-state index in [1.165, 1.54) is 0 Å². The molecule has 0 unspecified atom stereocenters. The van der Waals surface area contributed by atoms with Crippen molar-refractivity contribution >= 4 is 22.6 Å². The molecule has 1 aromatic heterocycles. The van der Waals surface area contributed by atoms with Crippen molar-refractivity contribution < 1.29 is 14.4 Å². The number of phenolic OH excluding ortho intramolecular Hbond substituents is 1. The fourth-order valence-corrected chi connectivity index (χ4v) is 2.89. The van der Waals surface area contributed by atoms with Crippen LogP contribution in [0, 0.1) is 3.57 Å². The van der Waals surface area contributed by atoms with E-state index < -0.39 is 0 Å². The highest BCUT2D eigenvalue weighted by molar-refractivity contribution is 14.1. The van der Waals surface area contributed by atoms with Gasteiger partial charge in [-0.1, -0.05) is 24.2 Å². The zero-order chi connectivity index (χ0) is 16.4. The molecule has 0 fully saturated rings. The van der Waals surface area contributed by atoms with Gasteiger partial charge in [-0.3, -0.25) is 0 Å². The van der Waals surface area contributed by atoms with Crippen molar-refractivity contribution in [3.05, 3.63) is 51.7 Å². The van der Waals surface area contributed by atoms with Crippen molar-refractivity contribution in [3.63, 3.8) is 0 Å². The zero-order valence-electron chi connectivity index (χ0n) is 12.8. The Morgan fingerprint density at radius 2 is 1.91 bits per heavy atom. The molecule has 0 spiro atoms. The molecular formula is C18H16INO3. The van der Waals surface area contributed by atoms with Crippen LogP contribution in [0.2, 0.25) is 0 Å². The first-order valence-electron chi connectivity index (χ1n) is 7.25. The molecule has 3 aromatic rings. The van der Waals surface area contributed by atoms with Gasteiger partial charge in [-0.25, -0.2) is 0 Å². The molecule has 5 heteroatoms. The summed E-state index contributed by atoms with van der Waals surface area (Å²) < 4.78 is 11.9. The molecule has 0 atom stereocenters. The van der Waals surface area contributed by atoms with Crippen LogP contribution in [0.25, 0.3) is 22.5 Å². The summed E-state index contributed by atoms with van der Waals surface area (Å²) >= 11 is 2.26. The predicted octanol–water partition coefficient (Wildman–Crippen LogP) is 4.89. The molecular weight excluding hydrogens is 405 g/mol. The van der Waals surface area contributed by atoms with Crippen LogP contribution in [-0.4, -0.2) is 17.4 Å². The lowest BCUT2D eigenvalue weighted by molar-refractivity contribution is 0.401. The fourth-order valence-electron chi connectivity index (χ4n) is 2.53. The summed E-state index contributed by atoms with van der Waals surface area (Å²) in [5.41, 5.74) is 3.47. The van der Waals surface area contributed by atoms with Gasteiger partial charge in [0, 0.05) is 15.2 Å². The Morgan fingerprint density at radius 3 is 2.57 bits per heavy atom. The minimum Gasteiger partial charge on any atom is -0.507 e. The number of hydrogen-bond donors (Lipinski definition) is 1. The Balaban J connectivity index is 2.13. The van der Waals surface area contributed by atoms with E-state index in [0.29, 0.717) is 17.1 Å². The third-order valence-corrected chi connectivity index (χ3v) is 4.47. The molecule has 23 heavy (non-hydrogen) atoms. The summed E-state index contributed by atoms with van der Waals surface area (Å²) in [6.07, 6.45) is 2.47. The maximum atomic E-state index is 10.4. The van der Waals surface area contributed by atoms with Gasteiger partial charge >= 0.3 is 0 Å². The monoisotopic (exact) mass is 421 g/mol. The number of halogens is 1. The Labute approximate surface area is 148 Å². The topological polar surface area (TPSA) is 55.5 Å². The quantitative estimate of drug-likeness (QED) is 0.610. The normalized spacial score (nSPS) is 10.7. The van der Waals surface area contributed by atoms with Gasteiger partial charge in [-0.15, -0.1) is 0 Å². The summed E-state index contributed by atoms with van der Waals surface area (Å²) in [7, 11) is 1.60. The van der Waals surface area contributed by atoms with Gasteiger partial charge in [0.2, 0.25) is 0 Å². The number of methoxy groups -OCH3 is 1. The lowest BCUT2D eigenvalue weighted by Crippen LogP contribution is -1.92. The molecule has 0 saturated carbocycles. The second kappa shape index (κ2) is 6.62. The summed E-state index contributed by atoms with van der Waals surface area (Å²) in [5.74, 6) is 1.34. The van der Waals surface area contributed by atoms with E-state index in [1.807, 2.05) is 37.3 Å². The van der Waals surface area contributed by atoms with Crippen molar-refractivity contribution in [2.45, 2.75) is 13.3 Å². The molecule has 118 valence electrons. The van der Waals surface area contributed by atoms with Gasteiger partial charge in [-0.2, -0.15) is 0 Å². The van der Waals surface area contributed by atoms with Crippen molar-refractivity contribution in [3.8, 4) is 33.9 Å². The predicted molar refractivity (Wildman–Crippen MR) is 97.7 cm³/mol. The molecule has 2 aromatic carbocycles. The second-order valence-electron chi connectivity index (χ2n) is 5.11. The van der Waals surface area contributed by atoms with E-state index in [4.69, 9.17) is 9.26 Å². The number of hydrogen-bond acceptors (Lipinski definition) is 4. The van der Waals surface area contributed by atoms with Crippen LogP contribution in [0.4, 0.5) is 0 Å². The van der Waals surface area contributed by atoms with E-state index in [1.54, 1.807) is 19.4 Å². The van der Waals surface area contributed by atoms with Gasteiger partial charge in [0.1, 0.15) is 11.5 Å². The Morgan fingerprint density at radius 1 is 1.17 bits per heavy atom. The average Bonchev–Trinajstić information content (AvgIpc) is 3.04. The van der Waals surface area contributed by atoms with Gasteiger partial charge in [-0.05, 0) is 58.3 Å².